The number of hydrogen-bond donors (Lipinski definition) is 1. The Bertz CT molecular complexity index is 529. The fraction of sp³-hybridized carbons (Fsp3) is 0.333. The summed E-state index contributed by atoms with van der Waals surface area (Å²) in [4.78, 5) is 0. The van der Waals surface area contributed by atoms with Gasteiger partial charge >= 0.3 is 0 Å². The lowest BCUT2D eigenvalue weighted by molar-refractivity contribution is -0.0375. The summed E-state index contributed by atoms with van der Waals surface area (Å²) < 4.78 is 5.89. The van der Waals surface area contributed by atoms with Crippen LogP contribution in [0.3, 0.4) is 0 Å². The largest absolute Gasteiger partial charge is 0.374 e. The van der Waals surface area contributed by atoms with E-state index in [0.717, 1.165) is 19.4 Å². The first-order valence-corrected chi connectivity index (χ1v) is 7.31. The number of hydrogen-bond acceptors (Lipinski definition) is 2. The van der Waals surface area contributed by atoms with Crippen molar-refractivity contribution in [1.82, 2.24) is 0 Å². The van der Waals surface area contributed by atoms with Crippen LogP contribution in [-0.4, -0.2) is 12.6 Å². The van der Waals surface area contributed by atoms with Crippen LogP contribution >= 0.6 is 0 Å². The molecule has 3 rings (SSSR count). The molecule has 0 saturated heterocycles. The van der Waals surface area contributed by atoms with Crippen molar-refractivity contribution in [3.05, 3.63) is 60.2 Å². The lowest BCUT2D eigenvalue weighted by Gasteiger charge is -2.34. The second-order valence-electron chi connectivity index (χ2n) is 5.57. The van der Waals surface area contributed by atoms with Gasteiger partial charge in [0.1, 0.15) is 0 Å². The van der Waals surface area contributed by atoms with Gasteiger partial charge in [0.15, 0.2) is 0 Å². The molecule has 20 heavy (non-hydrogen) atoms. The summed E-state index contributed by atoms with van der Waals surface area (Å²) >= 11 is 0. The van der Waals surface area contributed by atoms with E-state index in [2.05, 4.69) is 48.5 Å². The Labute approximate surface area is 120 Å². The van der Waals surface area contributed by atoms with Crippen molar-refractivity contribution in [3.63, 3.8) is 0 Å². The average molecular weight is 267 g/mol. The summed E-state index contributed by atoms with van der Waals surface area (Å²) in [6.45, 7) is 1.50. The maximum absolute atomic E-state index is 5.89. The zero-order chi connectivity index (χ0) is 13.8. The number of ether oxygens (including phenoxy) is 1. The van der Waals surface area contributed by atoms with E-state index in [1.165, 1.54) is 16.7 Å². The van der Waals surface area contributed by atoms with Gasteiger partial charge in [-0.1, -0.05) is 54.6 Å². The molecule has 2 aromatic rings. The fourth-order valence-corrected chi connectivity index (χ4v) is 2.64. The molecular weight excluding hydrogens is 246 g/mol. The Morgan fingerprint density at radius 1 is 0.900 bits per heavy atom. The monoisotopic (exact) mass is 267 g/mol. The summed E-state index contributed by atoms with van der Waals surface area (Å²) in [7, 11) is 0. The predicted octanol–water partition coefficient (Wildman–Crippen LogP) is 3.61. The average Bonchev–Trinajstić information content (AvgIpc) is 2.47. The maximum Gasteiger partial charge on any atom is 0.0720 e. The number of benzene rings is 2. The molecule has 0 spiro atoms. The fourth-order valence-electron chi connectivity index (χ4n) is 2.64. The van der Waals surface area contributed by atoms with E-state index in [4.69, 9.17) is 10.5 Å². The normalized spacial score (nSPS) is 21.4. The molecule has 0 atom stereocenters. The smallest absolute Gasteiger partial charge is 0.0720 e. The third kappa shape index (κ3) is 3.09. The summed E-state index contributed by atoms with van der Waals surface area (Å²) in [5, 5.41) is 0. The molecule has 104 valence electrons. The van der Waals surface area contributed by atoms with Crippen molar-refractivity contribution in [2.45, 2.75) is 25.6 Å². The van der Waals surface area contributed by atoms with Crippen molar-refractivity contribution < 1.29 is 4.74 Å². The van der Waals surface area contributed by atoms with E-state index in [-0.39, 0.29) is 0 Å². The van der Waals surface area contributed by atoms with Gasteiger partial charge in [-0.15, -0.1) is 0 Å². The number of rotatable bonds is 5. The maximum atomic E-state index is 5.89. The molecular formula is C18H21NO. The zero-order valence-electron chi connectivity index (χ0n) is 11.7. The second kappa shape index (κ2) is 6.21. The minimum atomic E-state index is 0.414. The second-order valence-corrected chi connectivity index (χ2v) is 5.57. The van der Waals surface area contributed by atoms with Crippen LogP contribution < -0.4 is 5.73 Å². The molecule has 0 amide bonds. The Balaban J connectivity index is 1.54. The van der Waals surface area contributed by atoms with Crippen LogP contribution in [0.5, 0.6) is 0 Å². The van der Waals surface area contributed by atoms with Crippen molar-refractivity contribution in [2.75, 3.05) is 6.54 Å². The van der Waals surface area contributed by atoms with E-state index < -0.39 is 0 Å². The van der Waals surface area contributed by atoms with Gasteiger partial charge in [0.25, 0.3) is 0 Å². The van der Waals surface area contributed by atoms with Crippen molar-refractivity contribution in [2.24, 2.45) is 11.7 Å². The molecule has 0 heterocycles. The topological polar surface area (TPSA) is 35.2 Å². The van der Waals surface area contributed by atoms with E-state index in [9.17, 15) is 0 Å². The molecule has 0 aromatic heterocycles. The van der Waals surface area contributed by atoms with Crippen LogP contribution in [0.2, 0.25) is 0 Å². The quantitative estimate of drug-likeness (QED) is 0.898. The third-order valence-electron chi connectivity index (χ3n) is 4.07. The van der Waals surface area contributed by atoms with Crippen molar-refractivity contribution in [3.8, 4) is 11.1 Å². The molecule has 0 radical (unpaired) electrons. The van der Waals surface area contributed by atoms with Crippen LogP contribution in [0.1, 0.15) is 18.4 Å². The van der Waals surface area contributed by atoms with Crippen molar-refractivity contribution >= 4 is 0 Å². The molecule has 2 heteroatoms. The van der Waals surface area contributed by atoms with E-state index in [1.54, 1.807) is 0 Å². The Kier molecular flexibility index (Phi) is 4.14. The van der Waals surface area contributed by atoms with E-state index in [0.29, 0.717) is 18.6 Å². The summed E-state index contributed by atoms with van der Waals surface area (Å²) in [5.74, 6) is 0.681. The highest BCUT2D eigenvalue weighted by Gasteiger charge is 2.28. The predicted molar refractivity (Wildman–Crippen MR) is 82.2 cm³/mol. The molecule has 1 saturated carbocycles. The van der Waals surface area contributed by atoms with Crippen LogP contribution in [0.15, 0.2) is 54.6 Å². The molecule has 1 fully saturated rings. The molecule has 0 unspecified atom stereocenters. The third-order valence-corrected chi connectivity index (χ3v) is 4.07. The van der Waals surface area contributed by atoms with Crippen LogP contribution in [0, 0.1) is 5.92 Å². The molecule has 2 nitrogen and oxygen atoms in total. The van der Waals surface area contributed by atoms with Crippen LogP contribution in [-0.2, 0) is 11.3 Å². The molecule has 1 aliphatic carbocycles. The Morgan fingerprint density at radius 2 is 1.55 bits per heavy atom. The van der Waals surface area contributed by atoms with Gasteiger partial charge in [-0.3, -0.25) is 0 Å². The van der Waals surface area contributed by atoms with Gasteiger partial charge < -0.3 is 10.5 Å². The molecule has 0 bridgehead atoms. The van der Waals surface area contributed by atoms with Gasteiger partial charge in [-0.25, -0.2) is 0 Å². The molecule has 2 N–H and O–H groups in total. The van der Waals surface area contributed by atoms with Crippen molar-refractivity contribution in [1.29, 1.82) is 0 Å². The summed E-state index contributed by atoms with van der Waals surface area (Å²) in [5.41, 5.74) is 9.36. The van der Waals surface area contributed by atoms with Gasteiger partial charge in [0.05, 0.1) is 12.7 Å². The first-order chi connectivity index (χ1) is 9.85. The summed E-state index contributed by atoms with van der Waals surface area (Å²) in [6.07, 6.45) is 2.66. The summed E-state index contributed by atoms with van der Waals surface area (Å²) in [6, 6.07) is 19.1. The van der Waals surface area contributed by atoms with Gasteiger partial charge in [-0.2, -0.15) is 0 Å². The first-order valence-electron chi connectivity index (χ1n) is 7.31. The Hall–Kier alpha value is -1.64. The molecule has 2 aromatic carbocycles. The molecule has 0 aliphatic heterocycles. The lowest BCUT2D eigenvalue weighted by Crippen LogP contribution is -2.35. The molecule has 1 aliphatic rings. The standard InChI is InChI=1S/C18H21NO/c19-12-15-10-18(11-15)20-13-14-6-8-17(9-7-14)16-4-2-1-3-5-16/h1-9,15,18H,10-13,19H2. The highest BCUT2D eigenvalue weighted by molar-refractivity contribution is 5.63. The highest BCUT2D eigenvalue weighted by atomic mass is 16.5. The van der Waals surface area contributed by atoms with E-state index in [1.807, 2.05) is 6.07 Å². The minimum absolute atomic E-state index is 0.414. The van der Waals surface area contributed by atoms with Crippen LogP contribution in [0.25, 0.3) is 11.1 Å². The van der Waals surface area contributed by atoms with Gasteiger partial charge in [0, 0.05) is 0 Å². The van der Waals surface area contributed by atoms with Gasteiger partial charge in [0.2, 0.25) is 0 Å². The highest BCUT2D eigenvalue weighted by Crippen LogP contribution is 2.29. The zero-order valence-corrected chi connectivity index (χ0v) is 11.7. The van der Waals surface area contributed by atoms with Crippen LogP contribution in [0.4, 0.5) is 0 Å². The number of nitrogens with two attached hydrogens (primary N) is 1. The Morgan fingerprint density at radius 3 is 2.20 bits per heavy atom. The SMILES string of the molecule is NCC1CC(OCc2ccc(-c3ccccc3)cc2)C1. The lowest BCUT2D eigenvalue weighted by atomic mass is 9.82. The van der Waals surface area contributed by atoms with Gasteiger partial charge in [-0.05, 0) is 42.0 Å². The minimum Gasteiger partial charge on any atom is -0.374 e. The van der Waals surface area contributed by atoms with E-state index >= 15 is 0 Å². The first kappa shape index (κ1) is 13.3.